The van der Waals surface area contributed by atoms with Gasteiger partial charge in [-0.3, -0.25) is 4.79 Å². The second kappa shape index (κ2) is 12.6. The Balaban J connectivity index is 0.000000572. The van der Waals surface area contributed by atoms with Crippen LogP contribution in [0.1, 0.15) is 36.8 Å². The summed E-state index contributed by atoms with van der Waals surface area (Å²) in [7, 11) is 0. The molecule has 1 amide bonds. The Morgan fingerprint density at radius 3 is 2.39 bits per heavy atom. The number of benzene rings is 1. The number of halogens is 3. The number of amides is 1. The van der Waals surface area contributed by atoms with Gasteiger partial charge in [-0.25, -0.2) is 24.2 Å². The summed E-state index contributed by atoms with van der Waals surface area (Å²) in [5, 5.41) is 18.6. The van der Waals surface area contributed by atoms with Crippen molar-refractivity contribution in [1.29, 1.82) is 0 Å². The van der Waals surface area contributed by atoms with Gasteiger partial charge in [0.25, 0.3) is 0 Å². The molecule has 1 fully saturated rings. The molecule has 1 aliphatic carbocycles. The summed E-state index contributed by atoms with van der Waals surface area (Å²) < 4.78 is 37.4. The Bertz CT molecular complexity index is 949. The molecule has 0 spiro atoms. The van der Waals surface area contributed by atoms with Gasteiger partial charge < -0.3 is 26.0 Å². The van der Waals surface area contributed by atoms with Crippen molar-refractivity contribution in [1.82, 2.24) is 5.32 Å². The molecule has 1 heterocycles. The highest BCUT2D eigenvalue weighted by Crippen LogP contribution is 2.51. The number of ether oxygens (including phenoxy) is 1. The molecule has 3 rings (SSSR count). The molecule has 1 aromatic carbocycles. The van der Waals surface area contributed by atoms with Crippen LogP contribution in [-0.2, 0) is 41.0 Å². The van der Waals surface area contributed by atoms with E-state index < -0.39 is 36.3 Å². The SMILES string of the molecule is NC[C@H]1CC[C@H](C2(OOCC(=O)O)C(=O)Oc3c(CCNC=O)cccc32)CC1.O=C(O)C(F)(F)F. The summed E-state index contributed by atoms with van der Waals surface area (Å²) in [5.74, 6) is -4.01. The van der Waals surface area contributed by atoms with E-state index in [2.05, 4.69) is 5.32 Å². The van der Waals surface area contributed by atoms with E-state index in [1.54, 1.807) is 12.1 Å². The second-order valence-corrected chi connectivity index (χ2v) is 8.24. The van der Waals surface area contributed by atoms with Gasteiger partial charge in [-0.2, -0.15) is 13.2 Å². The van der Waals surface area contributed by atoms with Crippen molar-refractivity contribution >= 4 is 24.3 Å². The number of carboxylic acids is 2. The third-order valence-electron chi connectivity index (χ3n) is 5.99. The molecular weight excluding hydrogens is 493 g/mol. The van der Waals surface area contributed by atoms with Crippen molar-refractivity contribution in [2.24, 2.45) is 17.6 Å². The molecule has 0 bridgehead atoms. The number of alkyl halides is 3. The van der Waals surface area contributed by atoms with Crippen molar-refractivity contribution < 1.29 is 57.1 Å². The number of fused-ring (bicyclic) bond motifs is 1. The Labute approximate surface area is 203 Å². The fourth-order valence-electron chi connectivity index (χ4n) is 4.25. The molecule has 36 heavy (non-hydrogen) atoms. The fraction of sp³-hybridized carbons (Fsp3) is 0.545. The van der Waals surface area contributed by atoms with E-state index in [9.17, 15) is 27.6 Å². The van der Waals surface area contributed by atoms with Gasteiger partial charge >= 0.3 is 24.1 Å². The lowest BCUT2D eigenvalue weighted by Gasteiger charge is -2.37. The molecule has 0 aromatic heterocycles. The molecule has 5 N–H and O–H groups in total. The van der Waals surface area contributed by atoms with E-state index >= 15 is 0 Å². The summed E-state index contributed by atoms with van der Waals surface area (Å²) in [4.78, 5) is 53.9. The Morgan fingerprint density at radius 1 is 1.22 bits per heavy atom. The zero-order chi connectivity index (χ0) is 26.9. The van der Waals surface area contributed by atoms with Gasteiger partial charge in [0, 0.05) is 18.0 Å². The molecule has 11 nitrogen and oxygen atoms in total. The zero-order valence-electron chi connectivity index (χ0n) is 19.1. The van der Waals surface area contributed by atoms with Crippen LogP contribution >= 0.6 is 0 Å². The van der Waals surface area contributed by atoms with Crippen LogP contribution in [0.25, 0.3) is 0 Å². The summed E-state index contributed by atoms with van der Waals surface area (Å²) in [6, 6.07) is 5.35. The first kappa shape index (κ1) is 29.0. The maximum atomic E-state index is 13.1. The minimum atomic E-state index is -5.08. The predicted octanol–water partition coefficient (Wildman–Crippen LogP) is 1.52. The van der Waals surface area contributed by atoms with E-state index in [1.165, 1.54) is 0 Å². The highest BCUT2D eigenvalue weighted by atomic mass is 19.4. The minimum Gasteiger partial charge on any atom is -0.479 e. The van der Waals surface area contributed by atoms with Gasteiger partial charge in [-0.1, -0.05) is 18.2 Å². The summed E-state index contributed by atoms with van der Waals surface area (Å²) in [6.45, 7) is 0.291. The lowest BCUT2D eigenvalue weighted by molar-refractivity contribution is -0.365. The molecule has 0 radical (unpaired) electrons. The molecule has 2 aliphatic rings. The van der Waals surface area contributed by atoms with Crippen LogP contribution in [0.5, 0.6) is 5.75 Å². The average molecular weight is 520 g/mol. The van der Waals surface area contributed by atoms with Crippen molar-refractivity contribution in [3.8, 4) is 5.75 Å². The third kappa shape index (κ3) is 6.92. The van der Waals surface area contributed by atoms with Crippen LogP contribution in [0, 0.1) is 11.8 Å². The maximum Gasteiger partial charge on any atom is 0.490 e. The molecule has 1 atom stereocenters. The van der Waals surface area contributed by atoms with Crippen LogP contribution in [0.15, 0.2) is 18.2 Å². The van der Waals surface area contributed by atoms with Gasteiger partial charge in [-0.15, -0.1) is 0 Å². The van der Waals surface area contributed by atoms with Crippen LogP contribution in [0.3, 0.4) is 0 Å². The lowest BCUT2D eigenvalue weighted by Crippen LogP contribution is -2.46. The van der Waals surface area contributed by atoms with Crippen LogP contribution in [-0.4, -0.2) is 60.4 Å². The zero-order valence-corrected chi connectivity index (χ0v) is 19.1. The highest BCUT2D eigenvalue weighted by molar-refractivity contribution is 5.90. The minimum absolute atomic E-state index is 0.226. The number of nitrogens with one attached hydrogen (secondary N) is 1. The second-order valence-electron chi connectivity index (χ2n) is 8.24. The number of rotatable bonds is 10. The van der Waals surface area contributed by atoms with E-state index in [1.807, 2.05) is 6.07 Å². The molecule has 0 saturated heterocycles. The van der Waals surface area contributed by atoms with Crippen LogP contribution in [0.4, 0.5) is 13.2 Å². The van der Waals surface area contributed by atoms with Crippen molar-refractivity contribution in [3.05, 3.63) is 29.3 Å². The van der Waals surface area contributed by atoms with E-state index in [-0.39, 0.29) is 5.92 Å². The summed E-state index contributed by atoms with van der Waals surface area (Å²) in [6.07, 6.45) is -0.944. The number of carboxylic acid groups (broad SMARTS) is 2. The topological polar surface area (TPSA) is 174 Å². The molecule has 200 valence electrons. The standard InChI is InChI=1S/C20H26N2O7.C2HF3O2/c21-10-13-4-6-15(7-5-13)20(29-27-11-17(24)25)16-3-1-2-14(8-9-22-12-23)18(16)28-19(20)26;3-2(4,5)1(6)7/h1-3,12-13,15H,4-11,21H2,(H,22,23)(H,24,25);(H,6,7)/t13-,15-,20?;. The number of nitrogens with two attached hydrogens (primary N) is 1. The monoisotopic (exact) mass is 520 g/mol. The van der Waals surface area contributed by atoms with Gasteiger partial charge in [0.2, 0.25) is 12.0 Å². The molecular formula is C22H27F3N2O9. The Hall–Kier alpha value is -3.23. The third-order valence-corrected chi connectivity index (χ3v) is 5.99. The number of carbonyl (C=O) groups excluding carboxylic acids is 2. The largest absolute Gasteiger partial charge is 0.490 e. The number of aliphatic carboxylic acids is 2. The first-order valence-corrected chi connectivity index (χ1v) is 11.0. The smallest absolute Gasteiger partial charge is 0.479 e. The Morgan fingerprint density at radius 2 is 1.86 bits per heavy atom. The Kier molecular flexibility index (Phi) is 10.2. The van der Waals surface area contributed by atoms with E-state index in [0.717, 1.165) is 18.4 Å². The molecule has 1 aliphatic heterocycles. The number of carbonyl (C=O) groups is 4. The molecule has 1 unspecified atom stereocenters. The predicted molar refractivity (Wildman–Crippen MR) is 114 cm³/mol. The normalized spacial score (nSPS) is 23.1. The van der Waals surface area contributed by atoms with E-state index in [4.69, 9.17) is 35.3 Å². The van der Waals surface area contributed by atoms with Gasteiger partial charge in [-0.05, 0) is 50.1 Å². The number of hydrogen-bond donors (Lipinski definition) is 4. The number of esters is 1. The van der Waals surface area contributed by atoms with Crippen LogP contribution in [0.2, 0.25) is 0 Å². The average Bonchev–Trinajstić information content (AvgIpc) is 3.11. The van der Waals surface area contributed by atoms with Crippen molar-refractivity contribution in [2.45, 2.75) is 43.9 Å². The maximum absolute atomic E-state index is 13.1. The number of para-hydroxylation sites is 1. The quantitative estimate of drug-likeness (QED) is 0.0884. The fourth-order valence-corrected chi connectivity index (χ4v) is 4.25. The number of hydrogen-bond acceptors (Lipinski definition) is 8. The van der Waals surface area contributed by atoms with Crippen molar-refractivity contribution in [2.75, 3.05) is 19.7 Å². The summed E-state index contributed by atoms with van der Waals surface area (Å²) >= 11 is 0. The first-order chi connectivity index (χ1) is 17.0. The van der Waals surface area contributed by atoms with Gasteiger partial charge in [0.05, 0.1) is 0 Å². The van der Waals surface area contributed by atoms with E-state index in [0.29, 0.717) is 56.0 Å². The van der Waals surface area contributed by atoms with Crippen LogP contribution < -0.4 is 15.8 Å². The van der Waals surface area contributed by atoms with Gasteiger partial charge in [0.1, 0.15) is 5.75 Å². The van der Waals surface area contributed by atoms with Crippen molar-refractivity contribution in [3.63, 3.8) is 0 Å². The first-order valence-electron chi connectivity index (χ1n) is 11.0. The molecule has 1 saturated carbocycles. The molecule has 1 aromatic rings. The highest BCUT2D eigenvalue weighted by Gasteiger charge is 2.58. The summed E-state index contributed by atoms with van der Waals surface area (Å²) in [5.41, 5.74) is 5.56. The lowest BCUT2D eigenvalue weighted by atomic mass is 9.71. The van der Waals surface area contributed by atoms with Gasteiger partial charge in [0.15, 0.2) is 6.61 Å². The molecule has 14 heteroatoms.